The lowest BCUT2D eigenvalue weighted by atomic mass is 10.0. The first-order chi connectivity index (χ1) is 15.7. The van der Waals surface area contributed by atoms with Gasteiger partial charge in [-0.25, -0.2) is 9.59 Å². The minimum atomic E-state index is -0.648. The molecule has 0 saturated carbocycles. The van der Waals surface area contributed by atoms with Crippen molar-refractivity contribution >= 4 is 18.0 Å². The molecule has 0 bridgehead atoms. The first kappa shape index (κ1) is 25.9. The molecule has 0 spiro atoms. The maximum Gasteiger partial charge on any atom is 0.407 e. The van der Waals surface area contributed by atoms with Crippen molar-refractivity contribution in [3.63, 3.8) is 0 Å². The Morgan fingerprint density at radius 2 is 1.39 bits per heavy atom. The van der Waals surface area contributed by atoms with Gasteiger partial charge >= 0.3 is 12.1 Å². The van der Waals surface area contributed by atoms with Crippen molar-refractivity contribution in [3.05, 3.63) is 71.3 Å². The van der Waals surface area contributed by atoms with Crippen LogP contribution >= 0.6 is 0 Å². The molecule has 33 heavy (non-hydrogen) atoms. The molecule has 0 fully saturated rings. The van der Waals surface area contributed by atoms with Crippen molar-refractivity contribution in [1.29, 1.82) is 0 Å². The molecule has 0 aliphatic rings. The molecule has 0 radical (unpaired) electrons. The summed E-state index contributed by atoms with van der Waals surface area (Å²) in [6, 6.07) is 18.3. The van der Waals surface area contributed by atoms with Gasteiger partial charge in [-0.15, -0.1) is 0 Å². The van der Waals surface area contributed by atoms with Crippen LogP contribution in [0.25, 0.3) is 0 Å². The molecule has 2 aromatic rings. The predicted octanol–water partition coefficient (Wildman–Crippen LogP) is 4.28. The van der Waals surface area contributed by atoms with Gasteiger partial charge < -0.3 is 14.9 Å². The number of benzene rings is 2. The van der Waals surface area contributed by atoms with Crippen LogP contribution in [0.5, 0.6) is 0 Å². The first-order valence-electron chi connectivity index (χ1n) is 11.3. The van der Waals surface area contributed by atoms with Gasteiger partial charge in [0.15, 0.2) is 0 Å². The lowest BCUT2D eigenvalue weighted by Crippen LogP contribution is -2.34. The van der Waals surface area contributed by atoms with Crippen LogP contribution in [0, 0.1) is 0 Å². The topological polar surface area (TPSA) is 93.7 Å². The molecule has 0 unspecified atom stereocenters. The molecule has 2 rings (SSSR count). The lowest BCUT2D eigenvalue weighted by molar-refractivity contribution is -0.157. The van der Waals surface area contributed by atoms with E-state index in [1.54, 1.807) is 20.8 Å². The number of hydrogen-bond acceptors (Lipinski definition) is 5. The molecule has 2 amide bonds. The SMILES string of the molecule is CC(C)(C)OC(=O)NCCC(=O)ONC(=O)Cc1ccc(CCCCc2ccccc2)cc1. The van der Waals surface area contributed by atoms with Crippen LogP contribution in [-0.4, -0.2) is 30.1 Å². The van der Waals surface area contributed by atoms with E-state index in [0.29, 0.717) is 0 Å². The fourth-order valence-corrected chi connectivity index (χ4v) is 3.09. The van der Waals surface area contributed by atoms with Crippen molar-refractivity contribution in [2.24, 2.45) is 0 Å². The summed E-state index contributed by atoms with van der Waals surface area (Å²) in [6.07, 6.45) is 3.72. The van der Waals surface area contributed by atoms with Crippen LogP contribution in [0.4, 0.5) is 4.79 Å². The Balaban J connectivity index is 1.59. The molecule has 7 nitrogen and oxygen atoms in total. The minimum absolute atomic E-state index is 0.0520. The summed E-state index contributed by atoms with van der Waals surface area (Å²) in [5.41, 5.74) is 4.96. The van der Waals surface area contributed by atoms with Crippen molar-refractivity contribution in [3.8, 4) is 0 Å². The van der Waals surface area contributed by atoms with E-state index < -0.39 is 23.6 Å². The molecule has 178 valence electrons. The lowest BCUT2D eigenvalue weighted by Gasteiger charge is -2.19. The molecule has 2 aromatic carbocycles. The van der Waals surface area contributed by atoms with Crippen molar-refractivity contribution in [1.82, 2.24) is 10.8 Å². The second-order valence-corrected chi connectivity index (χ2v) is 8.86. The van der Waals surface area contributed by atoms with Gasteiger partial charge in [-0.3, -0.25) is 4.79 Å². The van der Waals surface area contributed by atoms with Crippen LogP contribution in [0.1, 0.15) is 56.7 Å². The molecular weight excluding hydrogens is 420 g/mol. The molecule has 0 aliphatic carbocycles. The summed E-state index contributed by atoms with van der Waals surface area (Å²) in [4.78, 5) is 40.0. The van der Waals surface area contributed by atoms with Crippen molar-refractivity contribution < 1.29 is 24.0 Å². The Labute approximate surface area is 195 Å². The van der Waals surface area contributed by atoms with Gasteiger partial charge in [0.2, 0.25) is 0 Å². The van der Waals surface area contributed by atoms with Crippen LogP contribution < -0.4 is 10.8 Å². The second-order valence-electron chi connectivity index (χ2n) is 8.86. The number of rotatable bonds is 10. The summed E-state index contributed by atoms with van der Waals surface area (Å²) in [6.45, 7) is 5.29. The van der Waals surface area contributed by atoms with Gasteiger partial charge in [0.05, 0.1) is 12.8 Å². The molecule has 0 saturated heterocycles. The Kier molecular flexibility index (Phi) is 10.4. The molecular formula is C26H34N2O5. The largest absolute Gasteiger partial charge is 0.444 e. The minimum Gasteiger partial charge on any atom is -0.444 e. The van der Waals surface area contributed by atoms with E-state index >= 15 is 0 Å². The molecule has 0 aromatic heterocycles. The van der Waals surface area contributed by atoms with E-state index in [0.717, 1.165) is 31.2 Å². The van der Waals surface area contributed by atoms with Gasteiger partial charge in [0.25, 0.3) is 5.91 Å². The number of nitrogens with one attached hydrogen (secondary N) is 2. The maximum atomic E-state index is 12.0. The molecule has 7 heteroatoms. The number of aryl methyl sites for hydroxylation is 2. The summed E-state index contributed by atoms with van der Waals surface area (Å²) in [7, 11) is 0. The van der Waals surface area contributed by atoms with Crippen LogP contribution in [-0.2, 0) is 38.4 Å². The summed E-state index contributed by atoms with van der Waals surface area (Å²) in [5, 5.41) is 2.45. The zero-order valence-electron chi connectivity index (χ0n) is 19.7. The average Bonchev–Trinajstić information content (AvgIpc) is 2.76. The van der Waals surface area contributed by atoms with E-state index in [1.165, 1.54) is 11.1 Å². The highest BCUT2D eigenvalue weighted by molar-refractivity contribution is 5.80. The van der Waals surface area contributed by atoms with Crippen molar-refractivity contribution in [2.45, 2.75) is 64.9 Å². The predicted molar refractivity (Wildman–Crippen MR) is 126 cm³/mol. The van der Waals surface area contributed by atoms with E-state index in [1.807, 2.05) is 30.3 Å². The van der Waals surface area contributed by atoms with Gasteiger partial charge in [-0.2, -0.15) is 5.48 Å². The fourth-order valence-electron chi connectivity index (χ4n) is 3.09. The first-order valence-corrected chi connectivity index (χ1v) is 11.3. The third-order valence-corrected chi connectivity index (χ3v) is 4.69. The van der Waals surface area contributed by atoms with E-state index in [2.05, 4.69) is 35.1 Å². The Hall–Kier alpha value is -3.35. The van der Waals surface area contributed by atoms with Gasteiger partial charge in [0.1, 0.15) is 5.60 Å². The Bertz CT molecular complexity index is 889. The molecule has 2 N–H and O–H groups in total. The highest BCUT2D eigenvalue weighted by Gasteiger charge is 2.16. The molecule has 0 aliphatic heterocycles. The third-order valence-electron chi connectivity index (χ3n) is 4.69. The summed E-state index contributed by atoms with van der Waals surface area (Å²) < 4.78 is 5.07. The third kappa shape index (κ3) is 11.7. The average molecular weight is 455 g/mol. The smallest absolute Gasteiger partial charge is 0.407 e. The fraction of sp³-hybridized carbons (Fsp3) is 0.423. The van der Waals surface area contributed by atoms with Crippen LogP contribution in [0.2, 0.25) is 0 Å². The van der Waals surface area contributed by atoms with E-state index in [-0.39, 0.29) is 19.4 Å². The highest BCUT2D eigenvalue weighted by Crippen LogP contribution is 2.11. The van der Waals surface area contributed by atoms with Gasteiger partial charge in [-0.1, -0.05) is 54.6 Å². The van der Waals surface area contributed by atoms with E-state index in [9.17, 15) is 14.4 Å². The normalized spacial score (nSPS) is 10.9. The maximum absolute atomic E-state index is 12.0. The number of hydrogen-bond donors (Lipinski definition) is 2. The number of carbonyl (C=O) groups excluding carboxylic acids is 3. The molecule has 0 atom stereocenters. The molecule has 0 heterocycles. The Morgan fingerprint density at radius 3 is 2.00 bits per heavy atom. The van der Waals surface area contributed by atoms with Crippen LogP contribution in [0.3, 0.4) is 0 Å². The zero-order valence-corrected chi connectivity index (χ0v) is 19.7. The monoisotopic (exact) mass is 454 g/mol. The summed E-state index contributed by atoms with van der Waals surface area (Å²) in [5.74, 6) is -1.07. The standard InChI is InChI=1S/C26H34N2O5/c1-26(2,3)32-25(31)27-18-17-24(30)33-28-23(29)19-22-15-13-21(14-16-22)12-8-7-11-20-9-5-4-6-10-20/h4-6,9-10,13-16H,7-8,11-12,17-19H2,1-3H3,(H,27,31)(H,28,29). The number of carbonyl (C=O) groups is 3. The Morgan fingerprint density at radius 1 is 0.818 bits per heavy atom. The summed E-state index contributed by atoms with van der Waals surface area (Å²) >= 11 is 0. The van der Waals surface area contributed by atoms with E-state index in [4.69, 9.17) is 9.57 Å². The van der Waals surface area contributed by atoms with Gasteiger partial charge in [-0.05, 0) is 63.1 Å². The number of unbranched alkanes of at least 4 members (excludes halogenated alkanes) is 1. The van der Waals surface area contributed by atoms with Crippen LogP contribution in [0.15, 0.2) is 54.6 Å². The highest BCUT2D eigenvalue weighted by atomic mass is 16.7. The quantitative estimate of drug-likeness (QED) is 0.413. The number of amides is 2. The van der Waals surface area contributed by atoms with Gasteiger partial charge in [0, 0.05) is 6.54 Å². The van der Waals surface area contributed by atoms with Crippen molar-refractivity contribution in [2.75, 3.05) is 6.54 Å². The second kappa shape index (κ2) is 13.3. The number of hydroxylamine groups is 1. The zero-order chi connectivity index (χ0) is 24.1. The number of ether oxygens (including phenoxy) is 1. The number of alkyl carbamates (subject to hydrolysis) is 1.